The number of carbonyl (C=O) groups is 1. The molecule has 0 unspecified atom stereocenters. The summed E-state index contributed by atoms with van der Waals surface area (Å²) in [6.45, 7) is -0.531. The van der Waals surface area contributed by atoms with E-state index in [4.69, 9.17) is 18.9 Å². The minimum Gasteiger partial charge on any atom is -0.469 e. The molecule has 2 aliphatic rings. The molecule has 10 nitrogen and oxygen atoms in total. The molecule has 0 spiro atoms. The topological polar surface area (TPSA) is 144 Å². The Bertz CT molecular complexity index is 676. The van der Waals surface area contributed by atoms with Crippen LogP contribution >= 0.6 is 0 Å². The van der Waals surface area contributed by atoms with Crippen molar-refractivity contribution in [3.05, 3.63) is 17.7 Å². The third-order valence-corrected chi connectivity index (χ3v) is 4.47. The first-order valence-corrected chi connectivity index (χ1v) is 8.41. The number of esters is 1. The molecular weight excluding hydrogens is 364 g/mol. The van der Waals surface area contributed by atoms with Gasteiger partial charge in [0.2, 0.25) is 13.1 Å². The first-order valence-electron chi connectivity index (χ1n) is 8.41. The average molecular weight is 386 g/mol. The van der Waals surface area contributed by atoms with E-state index >= 15 is 0 Å². The molecule has 27 heavy (non-hydrogen) atoms. The Balaban J connectivity index is 1.83. The van der Waals surface area contributed by atoms with Crippen LogP contribution in [0.5, 0.6) is 17.2 Å². The van der Waals surface area contributed by atoms with Crippen LogP contribution in [-0.2, 0) is 20.7 Å². The second-order valence-electron chi connectivity index (χ2n) is 6.20. The summed E-state index contributed by atoms with van der Waals surface area (Å²) >= 11 is 0. The number of ether oxygens (including phenoxy) is 5. The van der Waals surface area contributed by atoms with Gasteiger partial charge in [0, 0.05) is 12.5 Å². The van der Waals surface area contributed by atoms with Crippen LogP contribution < -0.4 is 14.2 Å². The van der Waals surface area contributed by atoms with E-state index in [0.29, 0.717) is 17.1 Å². The molecule has 0 saturated carbocycles. The highest BCUT2D eigenvalue weighted by Gasteiger charge is 2.45. The van der Waals surface area contributed by atoms with Crippen molar-refractivity contribution in [2.75, 3.05) is 20.5 Å². The van der Waals surface area contributed by atoms with Crippen molar-refractivity contribution in [3.63, 3.8) is 0 Å². The fraction of sp³-hybridized carbons (Fsp3) is 0.588. The van der Waals surface area contributed by atoms with Crippen molar-refractivity contribution in [1.82, 2.24) is 0 Å². The molecule has 0 amide bonds. The number of benzene rings is 1. The summed E-state index contributed by atoms with van der Waals surface area (Å²) in [6, 6.07) is 3.17. The predicted octanol–water partition coefficient (Wildman–Crippen LogP) is -1.30. The molecule has 0 aliphatic carbocycles. The smallest absolute Gasteiger partial charge is 0.305 e. The van der Waals surface area contributed by atoms with Crippen LogP contribution in [0.2, 0.25) is 0 Å². The van der Waals surface area contributed by atoms with Crippen molar-refractivity contribution in [3.8, 4) is 17.2 Å². The van der Waals surface area contributed by atoms with Gasteiger partial charge in [-0.05, 0) is 18.1 Å². The number of fused-ring (bicyclic) bond motifs is 1. The molecule has 1 fully saturated rings. The van der Waals surface area contributed by atoms with E-state index < -0.39 is 43.3 Å². The molecule has 4 N–H and O–H groups in total. The number of carbonyl (C=O) groups excluding carboxylic acids is 1. The van der Waals surface area contributed by atoms with Crippen LogP contribution in [0.4, 0.5) is 0 Å². The zero-order chi connectivity index (χ0) is 19.6. The molecule has 0 bridgehead atoms. The standard InChI is InChI=1S/C17H22O10/c1-23-13(19)3-2-8-4-10-11(25-7-24-10)5-9(8)26-17-16(22)15(21)14(20)12(6-18)27-17/h4-5,12,14-18,20-22H,2-3,6-7H2,1H3/t12-,14-,15+,16-,17-/m1/s1. The quantitative estimate of drug-likeness (QED) is 0.435. The van der Waals surface area contributed by atoms with Crippen LogP contribution in [0.25, 0.3) is 0 Å². The summed E-state index contributed by atoms with van der Waals surface area (Å²) in [5.74, 6) is 0.728. The molecule has 1 aromatic carbocycles. The predicted molar refractivity (Wildman–Crippen MR) is 87.3 cm³/mol. The average Bonchev–Trinajstić information content (AvgIpc) is 3.13. The molecule has 150 valence electrons. The van der Waals surface area contributed by atoms with Crippen LogP contribution in [0.1, 0.15) is 12.0 Å². The summed E-state index contributed by atoms with van der Waals surface area (Å²) in [7, 11) is 1.29. The minimum absolute atomic E-state index is 0.0370. The summed E-state index contributed by atoms with van der Waals surface area (Å²) in [5, 5.41) is 39.2. The van der Waals surface area contributed by atoms with Gasteiger partial charge in [0.1, 0.15) is 30.2 Å². The van der Waals surface area contributed by atoms with Crippen molar-refractivity contribution < 1.29 is 48.9 Å². The highest BCUT2D eigenvalue weighted by molar-refractivity contribution is 5.69. The lowest BCUT2D eigenvalue weighted by Crippen LogP contribution is -2.60. The van der Waals surface area contributed by atoms with Crippen LogP contribution in [0.3, 0.4) is 0 Å². The van der Waals surface area contributed by atoms with Gasteiger partial charge in [-0.25, -0.2) is 0 Å². The molecule has 2 aliphatic heterocycles. The third kappa shape index (κ3) is 4.09. The van der Waals surface area contributed by atoms with Crippen LogP contribution in [-0.4, -0.2) is 77.6 Å². The lowest BCUT2D eigenvalue weighted by molar-refractivity contribution is -0.277. The largest absolute Gasteiger partial charge is 0.469 e. The van der Waals surface area contributed by atoms with Crippen molar-refractivity contribution in [1.29, 1.82) is 0 Å². The molecule has 3 rings (SSSR count). The van der Waals surface area contributed by atoms with Gasteiger partial charge in [-0.3, -0.25) is 4.79 Å². The summed E-state index contributed by atoms with van der Waals surface area (Å²) in [4.78, 5) is 11.5. The second-order valence-corrected chi connectivity index (χ2v) is 6.20. The second kappa shape index (κ2) is 8.28. The number of rotatable bonds is 6. The SMILES string of the molecule is COC(=O)CCc1cc2c(cc1O[C@@H]1O[C@H](CO)[C@@H](O)[C@H](O)[C@H]1O)OCO2. The van der Waals surface area contributed by atoms with E-state index in [9.17, 15) is 25.2 Å². The molecule has 5 atom stereocenters. The third-order valence-electron chi connectivity index (χ3n) is 4.47. The van der Waals surface area contributed by atoms with Gasteiger partial charge >= 0.3 is 5.97 Å². The van der Waals surface area contributed by atoms with Gasteiger partial charge in [0.05, 0.1) is 13.7 Å². The van der Waals surface area contributed by atoms with Gasteiger partial charge in [-0.1, -0.05) is 0 Å². The van der Waals surface area contributed by atoms with Crippen LogP contribution in [0.15, 0.2) is 12.1 Å². The number of aliphatic hydroxyl groups is 4. The van der Waals surface area contributed by atoms with Gasteiger partial charge in [-0.2, -0.15) is 0 Å². The fourth-order valence-corrected chi connectivity index (χ4v) is 2.90. The van der Waals surface area contributed by atoms with Gasteiger partial charge in [0.25, 0.3) is 0 Å². The maximum atomic E-state index is 11.5. The van der Waals surface area contributed by atoms with Crippen molar-refractivity contribution >= 4 is 5.97 Å². The van der Waals surface area contributed by atoms with Gasteiger partial charge in [-0.15, -0.1) is 0 Å². The maximum absolute atomic E-state index is 11.5. The van der Waals surface area contributed by atoms with E-state index in [1.807, 2.05) is 0 Å². The molecule has 0 radical (unpaired) electrons. The molecule has 2 heterocycles. The molecule has 1 aromatic rings. The van der Waals surface area contributed by atoms with Gasteiger partial charge < -0.3 is 44.1 Å². The molecule has 0 aromatic heterocycles. The Morgan fingerprint density at radius 1 is 1.15 bits per heavy atom. The number of aliphatic hydroxyl groups excluding tert-OH is 4. The monoisotopic (exact) mass is 386 g/mol. The Morgan fingerprint density at radius 3 is 2.52 bits per heavy atom. The summed E-state index contributed by atoms with van der Waals surface area (Å²) in [5.41, 5.74) is 0.571. The van der Waals surface area contributed by atoms with E-state index in [0.717, 1.165) is 0 Å². The minimum atomic E-state index is -1.56. The Hall–Kier alpha value is -2.11. The van der Waals surface area contributed by atoms with E-state index in [2.05, 4.69) is 4.74 Å². The number of hydrogen-bond donors (Lipinski definition) is 4. The Morgan fingerprint density at radius 2 is 1.85 bits per heavy atom. The lowest BCUT2D eigenvalue weighted by Gasteiger charge is -2.39. The zero-order valence-corrected chi connectivity index (χ0v) is 14.6. The number of aryl methyl sites for hydroxylation is 1. The van der Waals surface area contributed by atoms with E-state index in [1.165, 1.54) is 13.2 Å². The fourth-order valence-electron chi connectivity index (χ4n) is 2.90. The zero-order valence-electron chi connectivity index (χ0n) is 14.6. The normalized spacial score (nSPS) is 29.4. The van der Waals surface area contributed by atoms with E-state index in [-0.39, 0.29) is 25.4 Å². The number of methoxy groups -OCH3 is 1. The Kier molecular flexibility index (Phi) is 6.02. The maximum Gasteiger partial charge on any atom is 0.305 e. The van der Waals surface area contributed by atoms with Crippen molar-refractivity contribution in [2.45, 2.75) is 43.5 Å². The summed E-state index contributed by atoms with van der Waals surface area (Å²) < 4.78 is 26.3. The molecule has 1 saturated heterocycles. The highest BCUT2D eigenvalue weighted by Crippen LogP contribution is 2.39. The van der Waals surface area contributed by atoms with E-state index in [1.54, 1.807) is 6.07 Å². The molecular formula is C17H22O10. The van der Waals surface area contributed by atoms with Crippen molar-refractivity contribution in [2.24, 2.45) is 0 Å². The van der Waals surface area contributed by atoms with Gasteiger partial charge in [0.15, 0.2) is 11.5 Å². The lowest BCUT2D eigenvalue weighted by atomic mass is 9.99. The highest BCUT2D eigenvalue weighted by atomic mass is 16.7. The number of hydrogen-bond acceptors (Lipinski definition) is 10. The summed E-state index contributed by atoms with van der Waals surface area (Å²) in [6.07, 6.45) is -6.70. The Labute approximate surface area is 154 Å². The first-order chi connectivity index (χ1) is 12.9. The molecule has 10 heteroatoms. The van der Waals surface area contributed by atoms with Crippen LogP contribution in [0, 0.1) is 0 Å². The first kappa shape index (κ1) is 19.6.